The Morgan fingerprint density at radius 3 is 2.52 bits per heavy atom. The minimum Gasteiger partial charge on any atom is -0.368 e. The Kier molecular flexibility index (Phi) is 5.06. The van der Waals surface area contributed by atoms with E-state index >= 15 is 0 Å². The molecule has 138 valence electrons. The van der Waals surface area contributed by atoms with Gasteiger partial charge in [0.05, 0.1) is 6.20 Å². The lowest BCUT2D eigenvalue weighted by atomic mass is 10.3. The van der Waals surface area contributed by atoms with Gasteiger partial charge in [-0.15, -0.1) is 0 Å². The van der Waals surface area contributed by atoms with Crippen LogP contribution in [-0.4, -0.2) is 41.1 Å². The van der Waals surface area contributed by atoms with E-state index in [1.54, 1.807) is 0 Å². The third-order valence-corrected chi connectivity index (χ3v) is 4.64. The van der Waals surface area contributed by atoms with Gasteiger partial charge in [0.15, 0.2) is 5.82 Å². The Balaban J connectivity index is 1.38. The van der Waals surface area contributed by atoms with Gasteiger partial charge in [0.1, 0.15) is 32.7 Å². The maximum atomic E-state index is 5.89. The van der Waals surface area contributed by atoms with E-state index < -0.39 is 0 Å². The third kappa shape index (κ3) is 4.48. The maximum Gasteiger partial charge on any atom is 0.274 e. The number of H-pyrrole nitrogens is 1. The number of nitrogen functional groups attached to an aromatic ring is 1. The highest BCUT2D eigenvalue weighted by Gasteiger charge is 2.26. The van der Waals surface area contributed by atoms with Crippen molar-refractivity contribution in [3.8, 4) is 0 Å². The molecular weight excluding hydrogens is 340 g/mol. The van der Waals surface area contributed by atoms with Gasteiger partial charge in [-0.1, -0.05) is 24.3 Å². The molecule has 27 heavy (non-hydrogen) atoms. The molecule has 3 heterocycles. The number of hydrogen-bond acceptors (Lipinski definition) is 6. The average Bonchev–Trinajstić information content (AvgIpc) is 2.70. The van der Waals surface area contributed by atoms with Gasteiger partial charge in [0, 0.05) is 11.8 Å². The number of hydrogen-bond donors (Lipinski definition) is 3. The maximum absolute atomic E-state index is 5.89. The Bertz CT molecular complexity index is 863. The molecule has 8 nitrogen and oxygen atoms in total. The fourth-order valence-corrected chi connectivity index (χ4v) is 3.27. The number of aromatic amines is 1. The lowest BCUT2D eigenvalue weighted by molar-refractivity contribution is -0.915. The van der Waals surface area contributed by atoms with E-state index in [1.165, 1.54) is 4.90 Å². The monoisotopic (exact) mass is 364 g/mol. The zero-order valence-electron chi connectivity index (χ0n) is 15.1. The van der Waals surface area contributed by atoms with Gasteiger partial charge in [-0.2, -0.15) is 15.0 Å². The van der Waals surface area contributed by atoms with Crippen LogP contribution >= 0.6 is 0 Å². The highest BCUT2D eigenvalue weighted by molar-refractivity contribution is 5.53. The fourth-order valence-electron chi connectivity index (χ4n) is 3.27. The van der Waals surface area contributed by atoms with Crippen LogP contribution in [0.2, 0.25) is 0 Å². The quantitative estimate of drug-likeness (QED) is 0.586. The highest BCUT2D eigenvalue weighted by Crippen LogP contribution is 2.12. The number of piperazine rings is 1. The number of pyridine rings is 1. The average molecular weight is 364 g/mol. The van der Waals surface area contributed by atoms with E-state index in [0.717, 1.165) is 50.1 Å². The van der Waals surface area contributed by atoms with Crippen LogP contribution in [0.25, 0.3) is 0 Å². The van der Waals surface area contributed by atoms with Crippen LogP contribution in [0.15, 0.2) is 54.7 Å². The molecule has 0 unspecified atom stereocenters. The largest absolute Gasteiger partial charge is 0.368 e. The number of quaternary nitrogens is 1. The highest BCUT2D eigenvalue weighted by atomic mass is 15.3. The molecule has 1 saturated heterocycles. The molecule has 0 spiro atoms. The number of nitrogens with one attached hydrogen (secondary N) is 3. The predicted octanol–water partition coefficient (Wildman–Crippen LogP) is -0.0834. The van der Waals surface area contributed by atoms with E-state index in [-0.39, 0.29) is 5.95 Å². The van der Waals surface area contributed by atoms with Gasteiger partial charge in [0.2, 0.25) is 11.9 Å². The summed E-state index contributed by atoms with van der Waals surface area (Å²) in [6.07, 6.45) is 1.96. The molecule has 0 atom stereocenters. The molecule has 4 rings (SSSR count). The number of nitrogens with two attached hydrogens (primary N) is 1. The van der Waals surface area contributed by atoms with Crippen LogP contribution in [0.5, 0.6) is 0 Å². The van der Waals surface area contributed by atoms with Gasteiger partial charge in [0.25, 0.3) is 5.82 Å². The molecule has 8 heteroatoms. The van der Waals surface area contributed by atoms with Crippen LogP contribution in [0.1, 0.15) is 5.82 Å². The third-order valence-electron chi connectivity index (χ3n) is 4.64. The normalized spacial score (nSPS) is 14.9. The molecular formula is C19H24N8+2. The van der Waals surface area contributed by atoms with E-state index in [2.05, 4.69) is 42.3 Å². The second kappa shape index (κ2) is 7.96. The first-order valence-corrected chi connectivity index (χ1v) is 9.14. The van der Waals surface area contributed by atoms with Crippen molar-refractivity contribution < 1.29 is 9.88 Å². The predicted molar refractivity (Wildman–Crippen MR) is 104 cm³/mol. The lowest BCUT2D eigenvalue weighted by Crippen LogP contribution is -3.13. The van der Waals surface area contributed by atoms with Crippen molar-refractivity contribution in [1.29, 1.82) is 0 Å². The summed E-state index contributed by atoms with van der Waals surface area (Å²) < 4.78 is 0. The van der Waals surface area contributed by atoms with Crippen molar-refractivity contribution in [2.75, 3.05) is 42.1 Å². The smallest absolute Gasteiger partial charge is 0.274 e. The number of para-hydroxylation sites is 1. The number of anilines is 4. The molecule has 0 radical (unpaired) electrons. The molecule has 0 bridgehead atoms. The van der Waals surface area contributed by atoms with Gasteiger partial charge >= 0.3 is 0 Å². The second-order valence-electron chi connectivity index (χ2n) is 6.59. The SMILES string of the molecule is Nc1nc(C[NH+]2CCN(c3cccc[nH+]3)CC2)nc(Nc2ccccc2)n1. The van der Waals surface area contributed by atoms with Crippen molar-refractivity contribution in [3.05, 3.63) is 60.6 Å². The van der Waals surface area contributed by atoms with Gasteiger partial charge < -0.3 is 16.0 Å². The Morgan fingerprint density at radius 2 is 1.78 bits per heavy atom. The van der Waals surface area contributed by atoms with E-state index in [1.807, 2.05) is 42.6 Å². The number of benzene rings is 1. The molecule has 2 aromatic heterocycles. The molecule has 3 aromatic rings. The molecule has 1 aromatic carbocycles. The summed E-state index contributed by atoms with van der Waals surface area (Å²) in [5, 5.41) is 3.19. The lowest BCUT2D eigenvalue weighted by Gasteiger charge is -2.27. The van der Waals surface area contributed by atoms with E-state index in [9.17, 15) is 0 Å². The molecule has 1 aliphatic rings. The standard InChI is InChI=1S/C19H22N8/c20-18-23-16(24-19(25-18)22-15-6-2-1-3-7-15)14-26-10-12-27(13-11-26)17-8-4-5-9-21-17/h1-9H,10-14H2,(H3,20,22,23,24,25)/p+2. The summed E-state index contributed by atoms with van der Waals surface area (Å²) in [4.78, 5) is 20.2. The van der Waals surface area contributed by atoms with Crippen LogP contribution in [0, 0.1) is 0 Å². The number of nitrogens with zero attached hydrogens (tertiary/aromatic N) is 4. The summed E-state index contributed by atoms with van der Waals surface area (Å²) >= 11 is 0. The van der Waals surface area contributed by atoms with Gasteiger partial charge in [-0.05, 0) is 18.2 Å². The topological polar surface area (TPSA) is 98.5 Å². The Hall–Kier alpha value is -3.26. The number of aromatic nitrogens is 4. The molecule has 5 N–H and O–H groups in total. The first-order valence-electron chi connectivity index (χ1n) is 9.14. The van der Waals surface area contributed by atoms with Crippen molar-refractivity contribution in [1.82, 2.24) is 15.0 Å². The minimum atomic E-state index is 0.246. The van der Waals surface area contributed by atoms with E-state index in [0.29, 0.717) is 5.95 Å². The molecule has 1 aliphatic heterocycles. The zero-order chi connectivity index (χ0) is 18.5. The van der Waals surface area contributed by atoms with Crippen molar-refractivity contribution in [3.63, 3.8) is 0 Å². The summed E-state index contributed by atoms with van der Waals surface area (Å²) in [6, 6.07) is 16.0. The Morgan fingerprint density at radius 1 is 1.00 bits per heavy atom. The molecule has 0 saturated carbocycles. The van der Waals surface area contributed by atoms with Gasteiger partial charge in [-0.25, -0.2) is 4.98 Å². The van der Waals surface area contributed by atoms with Crippen LogP contribution in [0.4, 0.5) is 23.4 Å². The molecule has 0 amide bonds. The molecule has 1 fully saturated rings. The fraction of sp³-hybridized carbons (Fsp3) is 0.263. The van der Waals surface area contributed by atoms with Crippen molar-refractivity contribution >= 4 is 23.4 Å². The summed E-state index contributed by atoms with van der Waals surface area (Å²) in [5.41, 5.74) is 6.82. The van der Waals surface area contributed by atoms with Crippen LogP contribution in [0.3, 0.4) is 0 Å². The first-order chi connectivity index (χ1) is 13.3. The first kappa shape index (κ1) is 17.2. The van der Waals surface area contributed by atoms with Gasteiger partial charge in [-0.3, -0.25) is 4.90 Å². The minimum absolute atomic E-state index is 0.246. The summed E-state index contributed by atoms with van der Waals surface area (Å²) in [5.74, 6) is 2.61. The van der Waals surface area contributed by atoms with E-state index in [4.69, 9.17) is 5.73 Å². The zero-order valence-corrected chi connectivity index (χ0v) is 15.1. The van der Waals surface area contributed by atoms with Crippen molar-refractivity contribution in [2.45, 2.75) is 6.54 Å². The second-order valence-corrected chi connectivity index (χ2v) is 6.59. The summed E-state index contributed by atoms with van der Waals surface area (Å²) in [6.45, 7) is 4.77. The molecule has 0 aliphatic carbocycles. The van der Waals surface area contributed by atoms with Crippen molar-refractivity contribution in [2.24, 2.45) is 0 Å². The van der Waals surface area contributed by atoms with Crippen LogP contribution < -0.4 is 25.8 Å². The Labute approximate surface area is 158 Å². The number of rotatable bonds is 5. The summed E-state index contributed by atoms with van der Waals surface area (Å²) in [7, 11) is 0. The van der Waals surface area contributed by atoms with Crippen LogP contribution in [-0.2, 0) is 6.54 Å².